The van der Waals surface area contributed by atoms with Crippen LogP contribution in [-0.4, -0.2) is 36.8 Å². The molecule has 0 amide bonds. The summed E-state index contributed by atoms with van der Waals surface area (Å²) in [6.45, 7) is 6.01. The van der Waals surface area contributed by atoms with Gasteiger partial charge in [0.25, 0.3) is 0 Å². The van der Waals surface area contributed by atoms with Gasteiger partial charge in [-0.3, -0.25) is 0 Å². The van der Waals surface area contributed by atoms with Gasteiger partial charge < -0.3 is 10.1 Å². The molecule has 1 N–H and O–H groups in total. The van der Waals surface area contributed by atoms with Crippen molar-refractivity contribution in [3.05, 3.63) is 0 Å². The van der Waals surface area contributed by atoms with Crippen LogP contribution >= 0.6 is 11.8 Å². The summed E-state index contributed by atoms with van der Waals surface area (Å²) in [7, 11) is 0. The van der Waals surface area contributed by atoms with Crippen molar-refractivity contribution in [2.45, 2.75) is 50.5 Å². The quantitative estimate of drug-likeness (QED) is 0.690. The second-order valence-electron chi connectivity index (χ2n) is 4.24. The Bertz CT molecular complexity index is 152. The first-order valence-corrected chi connectivity index (χ1v) is 6.89. The van der Waals surface area contributed by atoms with Crippen LogP contribution in [0.2, 0.25) is 0 Å². The van der Waals surface area contributed by atoms with E-state index in [1.165, 1.54) is 19.3 Å². The largest absolute Gasteiger partial charge is 0.377 e. The van der Waals surface area contributed by atoms with Gasteiger partial charge in [0, 0.05) is 17.8 Å². The number of nitrogens with one attached hydrogen (secondary N) is 1. The van der Waals surface area contributed by atoms with Gasteiger partial charge in [0.1, 0.15) is 0 Å². The lowest BCUT2D eigenvalue weighted by molar-refractivity contribution is 0.0794. The Labute approximate surface area is 92.2 Å². The summed E-state index contributed by atoms with van der Waals surface area (Å²) in [5, 5.41) is 4.45. The van der Waals surface area contributed by atoms with E-state index in [-0.39, 0.29) is 0 Å². The summed E-state index contributed by atoms with van der Waals surface area (Å²) in [6.07, 6.45) is 6.63. The van der Waals surface area contributed by atoms with Gasteiger partial charge >= 0.3 is 0 Å². The summed E-state index contributed by atoms with van der Waals surface area (Å²) in [5.74, 6) is 0. The van der Waals surface area contributed by atoms with Crippen LogP contribution in [0.4, 0.5) is 0 Å². The van der Waals surface area contributed by atoms with Crippen molar-refractivity contribution in [2.24, 2.45) is 0 Å². The maximum Gasteiger partial charge on any atom is 0.0594 e. The zero-order valence-corrected chi connectivity index (χ0v) is 10.4. The van der Waals surface area contributed by atoms with Gasteiger partial charge in [0.15, 0.2) is 0 Å². The minimum absolute atomic E-state index is 0.360. The molecule has 0 aromatic rings. The molecule has 0 heterocycles. The average Bonchev–Trinajstić information content (AvgIpc) is 2.60. The van der Waals surface area contributed by atoms with Crippen LogP contribution in [0, 0.1) is 0 Å². The lowest BCUT2D eigenvalue weighted by Gasteiger charge is -2.13. The lowest BCUT2D eigenvalue weighted by atomic mass is 10.2. The van der Waals surface area contributed by atoms with Crippen LogP contribution in [0.5, 0.6) is 0 Å². The van der Waals surface area contributed by atoms with Crippen molar-refractivity contribution < 1.29 is 4.74 Å². The highest BCUT2D eigenvalue weighted by atomic mass is 32.2. The molecule has 2 unspecified atom stereocenters. The standard InChI is InChI=1S/C11H23NOS/c1-9(2)13-7-6-12-10-4-5-11(8-10)14-3/h9-12H,4-8H2,1-3H3. The van der Waals surface area contributed by atoms with Crippen molar-refractivity contribution in [3.8, 4) is 0 Å². The zero-order chi connectivity index (χ0) is 10.4. The minimum atomic E-state index is 0.360. The SMILES string of the molecule is CSC1CCC(NCCOC(C)C)C1. The second-order valence-corrected chi connectivity index (χ2v) is 5.38. The summed E-state index contributed by atoms with van der Waals surface area (Å²) in [6, 6.07) is 0.739. The number of thioether (sulfide) groups is 1. The molecule has 0 aliphatic heterocycles. The first-order chi connectivity index (χ1) is 6.72. The van der Waals surface area contributed by atoms with Crippen molar-refractivity contribution in [3.63, 3.8) is 0 Å². The van der Waals surface area contributed by atoms with Crippen LogP contribution in [0.25, 0.3) is 0 Å². The van der Waals surface area contributed by atoms with Crippen molar-refractivity contribution in [1.82, 2.24) is 5.32 Å². The molecule has 2 atom stereocenters. The first kappa shape index (κ1) is 12.3. The van der Waals surface area contributed by atoms with E-state index >= 15 is 0 Å². The van der Waals surface area contributed by atoms with E-state index in [0.717, 1.165) is 24.4 Å². The molecule has 3 heteroatoms. The molecule has 84 valence electrons. The molecule has 2 nitrogen and oxygen atoms in total. The Morgan fingerprint density at radius 2 is 2.21 bits per heavy atom. The van der Waals surface area contributed by atoms with Gasteiger partial charge in [-0.1, -0.05) is 0 Å². The molecule has 0 aromatic carbocycles. The Morgan fingerprint density at radius 3 is 2.79 bits per heavy atom. The molecule has 1 aliphatic carbocycles. The molecule has 14 heavy (non-hydrogen) atoms. The van der Waals surface area contributed by atoms with Crippen LogP contribution in [0.3, 0.4) is 0 Å². The molecular formula is C11H23NOS. The number of ether oxygens (including phenoxy) is 1. The fourth-order valence-corrected chi connectivity index (χ4v) is 2.69. The molecule has 0 spiro atoms. The van der Waals surface area contributed by atoms with Crippen LogP contribution in [0.1, 0.15) is 33.1 Å². The van der Waals surface area contributed by atoms with E-state index in [0.29, 0.717) is 6.10 Å². The Balaban J connectivity index is 1.97. The fourth-order valence-electron chi connectivity index (χ4n) is 1.90. The summed E-state index contributed by atoms with van der Waals surface area (Å²) in [4.78, 5) is 0. The van der Waals surface area contributed by atoms with Crippen LogP contribution < -0.4 is 5.32 Å². The average molecular weight is 217 g/mol. The van der Waals surface area contributed by atoms with E-state index < -0.39 is 0 Å². The van der Waals surface area contributed by atoms with Gasteiger partial charge in [-0.25, -0.2) is 0 Å². The third-order valence-electron chi connectivity index (χ3n) is 2.70. The highest BCUT2D eigenvalue weighted by Gasteiger charge is 2.22. The highest BCUT2D eigenvalue weighted by Crippen LogP contribution is 2.27. The molecule has 1 aliphatic rings. The molecule has 1 rings (SSSR count). The van der Waals surface area contributed by atoms with Gasteiger partial charge in [0.2, 0.25) is 0 Å². The molecule has 1 saturated carbocycles. The van der Waals surface area contributed by atoms with Gasteiger partial charge in [-0.15, -0.1) is 0 Å². The molecule has 0 aromatic heterocycles. The molecular weight excluding hydrogens is 194 g/mol. The molecule has 1 fully saturated rings. The number of hydrogen-bond acceptors (Lipinski definition) is 3. The Morgan fingerprint density at radius 1 is 1.43 bits per heavy atom. The second kappa shape index (κ2) is 6.70. The van der Waals surface area contributed by atoms with Gasteiger partial charge in [0.05, 0.1) is 12.7 Å². The number of hydrogen-bond donors (Lipinski definition) is 1. The minimum Gasteiger partial charge on any atom is -0.377 e. The smallest absolute Gasteiger partial charge is 0.0594 e. The van der Waals surface area contributed by atoms with Crippen molar-refractivity contribution in [1.29, 1.82) is 0 Å². The summed E-state index contributed by atoms with van der Waals surface area (Å²) < 4.78 is 5.49. The molecule has 0 bridgehead atoms. The lowest BCUT2D eigenvalue weighted by Crippen LogP contribution is -2.30. The third kappa shape index (κ3) is 4.67. The van der Waals surface area contributed by atoms with E-state index in [1.807, 2.05) is 11.8 Å². The maximum absolute atomic E-state index is 5.49. The van der Waals surface area contributed by atoms with Crippen molar-refractivity contribution in [2.75, 3.05) is 19.4 Å². The summed E-state index contributed by atoms with van der Waals surface area (Å²) in [5.41, 5.74) is 0. The third-order valence-corrected chi connectivity index (χ3v) is 3.80. The molecule has 0 radical (unpaired) electrons. The Hall–Kier alpha value is 0.270. The van der Waals surface area contributed by atoms with Crippen molar-refractivity contribution >= 4 is 11.8 Å². The predicted octanol–water partition coefficient (Wildman–Crippen LogP) is 2.29. The molecule has 0 saturated heterocycles. The van der Waals surface area contributed by atoms with E-state index in [9.17, 15) is 0 Å². The summed E-state index contributed by atoms with van der Waals surface area (Å²) >= 11 is 2.01. The van der Waals surface area contributed by atoms with E-state index in [2.05, 4.69) is 25.4 Å². The fraction of sp³-hybridized carbons (Fsp3) is 1.00. The van der Waals surface area contributed by atoms with E-state index in [4.69, 9.17) is 4.74 Å². The normalized spacial score (nSPS) is 27.4. The maximum atomic E-state index is 5.49. The highest BCUT2D eigenvalue weighted by molar-refractivity contribution is 7.99. The monoisotopic (exact) mass is 217 g/mol. The number of rotatable bonds is 6. The first-order valence-electron chi connectivity index (χ1n) is 5.60. The van der Waals surface area contributed by atoms with Crippen LogP contribution in [0.15, 0.2) is 0 Å². The van der Waals surface area contributed by atoms with Crippen LogP contribution in [-0.2, 0) is 4.74 Å². The van der Waals surface area contributed by atoms with Gasteiger partial charge in [-0.2, -0.15) is 11.8 Å². The predicted molar refractivity (Wildman–Crippen MR) is 64.0 cm³/mol. The zero-order valence-electron chi connectivity index (χ0n) is 9.58. The van der Waals surface area contributed by atoms with E-state index in [1.54, 1.807) is 0 Å². The van der Waals surface area contributed by atoms with Gasteiger partial charge in [-0.05, 0) is 39.4 Å². The Kier molecular flexibility index (Phi) is 5.90. The topological polar surface area (TPSA) is 21.3 Å².